The zero-order valence-electron chi connectivity index (χ0n) is 23.1. The molecule has 0 saturated carbocycles. The van der Waals surface area contributed by atoms with Crippen molar-refractivity contribution in [3.05, 3.63) is 71.0 Å². The molecule has 10 heteroatoms. The SMILES string of the molecule is [2H]C([2H])([2H])c1c(-c2cccc(N3CCC(O)C3)n2)c(OC(F)F)cc2c1[C@H]1C[C@@H](NC2=O)c2nc3ccccc3n21. The topological polar surface area (TPSA) is 92.5 Å². The van der Waals surface area contributed by atoms with Crippen molar-refractivity contribution in [3.63, 3.8) is 0 Å². The van der Waals surface area contributed by atoms with Crippen LogP contribution in [-0.4, -0.2) is 51.4 Å². The molecular formula is C28H25F2N5O3. The van der Waals surface area contributed by atoms with Crippen LogP contribution >= 0.6 is 0 Å². The molecule has 0 radical (unpaired) electrons. The molecule has 0 aliphatic carbocycles. The van der Waals surface area contributed by atoms with Crippen LogP contribution in [0.25, 0.3) is 22.3 Å². The Bertz CT molecular complexity index is 1710. The first-order chi connectivity index (χ1) is 19.6. The molecule has 2 N–H and O–H groups in total. The van der Waals surface area contributed by atoms with E-state index in [1.807, 2.05) is 33.7 Å². The predicted molar refractivity (Wildman–Crippen MR) is 137 cm³/mol. The van der Waals surface area contributed by atoms with E-state index in [1.165, 1.54) is 12.1 Å². The second kappa shape index (κ2) is 8.49. The summed E-state index contributed by atoms with van der Waals surface area (Å²) >= 11 is 0. The third-order valence-corrected chi connectivity index (χ3v) is 7.61. The van der Waals surface area contributed by atoms with Gasteiger partial charge in [0.15, 0.2) is 0 Å². The Hall–Kier alpha value is -4.05. The molecule has 1 fully saturated rings. The number of amides is 1. The molecule has 8 nitrogen and oxygen atoms in total. The highest BCUT2D eigenvalue weighted by Gasteiger charge is 2.42. The van der Waals surface area contributed by atoms with Gasteiger partial charge < -0.3 is 24.6 Å². The first kappa shape index (κ1) is 20.0. The molecule has 2 bridgehead atoms. The standard InChI is InChI=1S/C28H25F2N5O3/c1-14-24-16(27(37)33-19-12-21(24)35-20-7-3-2-5-17(20)32-26(19)35)11-22(38-28(29)30)25(14)18-6-4-8-23(31-18)34-10-9-15(36)13-34/h2-8,11,15,19,21,28,36H,9-10,12-13H2,1H3,(H,33,37)/t15?,19-,21-/m1/s1/i1D3. The number of alkyl halides is 2. The molecule has 38 heavy (non-hydrogen) atoms. The third kappa shape index (κ3) is 3.47. The van der Waals surface area contributed by atoms with Crippen molar-refractivity contribution in [2.24, 2.45) is 0 Å². The van der Waals surface area contributed by atoms with Gasteiger partial charge in [0.1, 0.15) is 17.4 Å². The Balaban J connectivity index is 1.52. The highest BCUT2D eigenvalue weighted by molar-refractivity contribution is 5.99. The van der Waals surface area contributed by atoms with Gasteiger partial charge in [0.25, 0.3) is 5.91 Å². The summed E-state index contributed by atoms with van der Waals surface area (Å²) < 4.78 is 60.2. The highest BCUT2D eigenvalue weighted by atomic mass is 19.3. The zero-order chi connectivity index (χ0) is 28.6. The first-order valence-electron chi connectivity index (χ1n) is 13.9. The summed E-state index contributed by atoms with van der Waals surface area (Å²) in [6.45, 7) is -5.23. The first-order valence-corrected chi connectivity index (χ1v) is 12.4. The number of nitrogens with one attached hydrogen (secondary N) is 1. The maximum absolute atomic E-state index is 13.8. The normalized spacial score (nSPS) is 23.5. The van der Waals surface area contributed by atoms with E-state index in [0.717, 1.165) is 5.52 Å². The van der Waals surface area contributed by atoms with E-state index < -0.39 is 43.3 Å². The number of aliphatic hydroxyl groups excluding tert-OH is 1. The van der Waals surface area contributed by atoms with E-state index in [1.54, 1.807) is 12.1 Å². The van der Waals surface area contributed by atoms with Crippen LogP contribution in [0.1, 0.15) is 56.3 Å². The number of hydrogen-bond donors (Lipinski definition) is 2. The van der Waals surface area contributed by atoms with Crippen LogP contribution in [0, 0.1) is 6.85 Å². The molecule has 2 aromatic heterocycles. The number of carbonyl (C=O) groups excluding carboxylic acids is 1. The lowest BCUT2D eigenvalue weighted by molar-refractivity contribution is -0.0495. The van der Waals surface area contributed by atoms with Crippen molar-refractivity contribution in [3.8, 4) is 17.0 Å². The number of aliphatic hydroxyl groups is 1. The van der Waals surface area contributed by atoms with Crippen molar-refractivity contribution in [1.82, 2.24) is 19.9 Å². The molecule has 3 aliphatic rings. The second-order valence-corrected chi connectivity index (χ2v) is 9.84. The number of benzene rings is 2. The van der Waals surface area contributed by atoms with Crippen LogP contribution in [0.2, 0.25) is 0 Å². The average molecular weight is 521 g/mol. The number of para-hydroxylation sites is 2. The predicted octanol–water partition coefficient (Wildman–Crippen LogP) is 4.36. The fraction of sp³-hybridized carbons (Fsp3) is 0.321. The Morgan fingerprint density at radius 1 is 1.21 bits per heavy atom. The molecule has 0 spiro atoms. The lowest BCUT2D eigenvalue weighted by Crippen LogP contribution is -2.28. The van der Waals surface area contributed by atoms with E-state index in [-0.39, 0.29) is 27.9 Å². The van der Waals surface area contributed by atoms with Crippen LogP contribution in [0.4, 0.5) is 14.6 Å². The number of halogens is 2. The number of anilines is 1. The number of pyridine rings is 1. The van der Waals surface area contributed by atoms with Gasteiger partial charge in [0.2, 0.25) is 0 Å². The van der Waals surface area contributed by atoms with Crippen LogP contribution in [0.3, 0.4) is 0 Å². The maximum atomic E-state index is 13.8. The van der Waals surface area contributed by atoms with Crippen LogP contribution in [0.15, 0.2) is 48.5 Å². The fourth-order valence-corrected chi connectivity index (χ4v) is 6.02. The molecular weight excluding hydrogens is 492 g/mol. The molecule has 1 unspecified atom stereocenters. The average Bonchev–Trinajstić information content (AvgIpc) is 3.59. The van der Waals surface area contributed by atoms with Crippen molar-refractivity contribution in [2.45, 2.75) is 44.5 Å². The summed E-state index contributed by atoms with van der Waals surface area (Å²) in [7, 11) is 0. The summed E-state index contributed by atoms with van der Waals surface area (Å²) in [5.74, 6) is 0.0401. The van der Waals surface area contributed by atoms with Crippen LogP contribution in [0.5, 0.6) is 5.75 Å². The minimum Gasteiger partial charge on any atom is -0.434 e. The van der Waals surface area contributed by atoms with Crippen molar-refractivity contribution < 1.29 is 27.5 Å². The van der Waals surface area contributed by atoms with E-state index in [2.05, 4.69) is 10.3 Å². The van der Waals surface area contributed by atoms with Crippen molar-refractivity contribution in [1.29, 1.82) is 0 Å². The number of fused-ring (bicyclic) bond motifs is 9. The third-order valence-electron chi connectivity index (χ3n) is 7.61. The number of hydrogen-bond acceptors (Lipinski definition) is 6. The van der Waals surface area contributed by atoms with Crippen molar-refractivity contribution in [2.75, 3.05) is 18.0 Å². The van der Waals surface area contributed by atoms with Gasteiger partial charge in [-0.2, -0.15) is 8.78 Å². The Kier molecular flexibility index (Phi) is 4.46. The van der Waals surface area contributed by atoms with Gasteiger partial charge in [-0.15, -0.1) is 0 Å². The molecule has 3 atom stereocenters. The van der Waals surface area contributed by atoms with Gasteiger partial charge in [-0.1, -0.05) is 18.2 Å². The summed E-state index contributed by atoms with van der Waals surface area (Å²) in [5.41, 5.74) is 1.39. The lowest BCUT2D eigenvalue weighted by atomic mass is 9.89. The number of β-amino-alcohol motifs (C(OH)–C–C–N with tert-alkyl or cyclic N) is 1. The van der Waals surface area contributed by atoms with Gasteiger partial charge in [-0.05, 0) is 61.2 Å². The molecule has 7 rings (SSSR count). The smallest absolute Gasteiger partial charge is 0.387 e. The van der Waals surface area contributed by atoms with E-state index in [9.17, 15) is 18.7 Å². The van der Waals surface area contributed by atoms with E-state index >= 15 is 0 Å². The summed E-state index contributed by atoms with van der Waals surface area (Å²) in [5, 5.41) is 12.9. The van der Waals surface area contributed by atoms with Gasteiger partial charge in [-0.25, -0.2) is 9.97 Å². The largest absolute Gasteiger partial charge is 0.434 e. The molecule has 2 aromatic carbocycles. The minimum absolute atomic E-state index is 0.0368. The van der Waals surface area contributed by atoms with E-state index in [4.69, 9.17) is 13.8 Å². The summed E-state index contributed by atoms with van der Waals surface area (Å²) in [4.78, 5) is 24.8. The van der Waals surface area contributed by atoms with Gasteiger partial charge in [-0.3, -0.25) is 4.79 Å². The molecule has 194 valence electrons. The zero-order valence-corrected chi connectivity index (χ0v) is 20.1. The van der Waals surface area contributed by atoms with Crippen LogP contribution in [-0.2, 0) is 0 Å². The van der Waals surface area contributed by atoms with E-state index in [0.29, 0.717) is 43.1 Å². The monoisotopic (exact) mass is 520 g/mol. The Morgan fingerprint density at radius 2 is 2.08 bits per heavy atom. The van der Waals surface area contributed by atoms with Gasteiger partial charge in [0.05, 0.1) is 34.9 Å². The number of nitrogens with zero attached hydrogens (tertiary/aromatic N) is 4. The highest BCUT2D eigenvalue weighted by Crippen LogP contribution is 2.49. The summed E-state index contributed by atoms with van der Waals surface area (Å²) in [6, 6.07) is 12.4. The number of aromatic nitrogens is 3. The fourth-order valence-electron chi connectivity index (χ4n) is 6.02. The molecule has 1 saturated heterocycles. The van der Waals surface area contributed by atoms with Gasteiger partial charge in [0, 0.05) is 28.3 Å². The Morgan fingerprint density at radius 3 is 2.87 bits per heavy atom. The molecule has 1 amide bonds. The number of imidazole rings is 1. The molecule has 4 aromatic rings. The van der Waals surface area contributed by atoms with Crippen molar-refractivity contribution >= 4 is 22.8 Å². The summed E-state index contributed by atoms with van der Waals surface area (Å²) in [6.07, 6.45) is 0.365. The molecule has 3 aliphatic heterocycles. The quantitative estimate of drug-likeness (QED) is 0.416. The molecule has 5 heterocycles. The second-order valence-electron chi connectivity index (χ2n) is 9.84. The number of carbonyl (C=O) groups is 1. The number of rotatable bonds is 4. The van der Waals surface area contributed by atoms with Gasteiger partial charge >= 0.3 is 6.61 Å². The lowest BCUT2D eigenvalue weighted by Gasteiger charge is -2.25. The van der Waals surface area contributed by atoms with Crippen LogP contribution < -0.4 is 15.0 Å². The minimum atomic E-state index is -3.28. The maximum Gasteiger partial charge on any atom is 0.387 e. The Labute approximate surface area is 221 Å². The number of ether oxygens (including phenoxy) is 1.